The molecular formula is C15H21NO3. The molecule has 0 bridgehead atoms. The fourth-order valence-corrected chi connectivity index (χ4v) is 1.88. The van der Waals surface area contributed by atoms with Crippen LogP contribution >= 0.6 is 0 Å². The van der Waals surface area contributed by atoms with Gasteiger partial charge >= 0.3 is 5.97 Å². The van der Waals surface area contributed by atoms with Crippen molar-refractivity contribution in [3.8, 4) is 0 Å². The summed E-state index contributed by atoms with van der Waals surface area (Å²) in [4.78, 5) is 22.5. The van der Waals surface area contributed by atoms with Gasteiger partial charge in [0.05, 0.1) is 5.92 Å². The van der Waals surface area contributed by atoms with Crippen LogP contribution in [-0.2, 0) is 16.0 Å². The van der Waals surface area contributed by atoms with Gasteiger partial charge in [0.15, 0.2) is 0 Å². The van der Waals surface area contributed by atoms with Gasteiger partial charge in [0.2, 0.25) is 5.91 Å². The first-order valence-corrected chi connectivity index (χ1v) is 6.56. The van der Waals surface area contributed by atoms with Crippen LogP contribution in [0, 0.1) is 12.8 Å². The van der Waals surface area contributed by atoms with Crippen molar-refractivity contribution in [2.24, 2.45) is 5.92 Å². The van der Waals surface area contributed by atoms with Gasteiger partial charge in [-0.2, -0.15) is 0 Å². The molecule has 19 heavy (non-hydrogen) atoms. The highest BCUT2D eigenvalue weighted by Gasteiger charge is 2.14. The van der Waals surface area contributed by atoms with Crippen LogP contribution < -0.4 is 5.32 Å². The van der Waals surface area contributed by atoms with Crippen LogP contribution in [0.3, 0.4) is 0 Å². The molecular weight excluding hydrogens is 242 g/mol. The fraction of sp³-hybridized carbons (Fsp3) is 0.467. The van der Waals surface area contributed by atoms with Crippen LogP contribution in [0.2, 0.25) is 0 Å². The molecule has 4 heteroatoms. The highest BCUT2D eigenvalue weighted by Crippen LogP contribution is 2.21. The van der Waals surface area contributed by atoms with Crippen molar-refractivity contribution < 1.29 is 14.7 Å². The van der Waals surface area contributed by atoms with Crippen LogP contribution in [-0.4, -0.2) is 17.0 Å². The number of carboxylic acids is 1. The van der Waals surface area contributed by atoms with Gasteiger partial charge in [-0.1, -0.05) is 32.0 Å². The normalized spacial score (nSPS) is 11.9. The number of hydrogen-bond acceptors (Lipinski definition) is 2. The van der Waals surface area contributed by atoms with E-state index in [0.717, 1.165) is 23.2 Å². The number of aryl methyl sites for hydroxylation is 2. The van der Waals surface area contributed by atoms with Crippen LogP contribution in [0.1, 0.15) is 37.8 Å². The first-order valence-electron chi connectivity index (χ1n) is 6.56. The lowest BCUT2D eigenvalue weighted by molar-refractivity contribution is -0.141. The van der Waals surface area contributed by atoms with Crippen LogP contribution in [0.5, 0.6) is 0 Å². The van der Waals surface area contributed by atoms with E-state index in [1.165, 1.54) is 0 Å². The van der Waals surface area contributed by atoms with Gasteiger partial charge in [-0.05, 0) is 30.9 Å². The monoisotopic (exact) mass is 263 g/mol. The smallest absolute Gasteiger partial charge is 0.306 e. The number of amides is 1. The number of nitrogens with one attached hydrogen (secondary N) is 1. The Kier molecular flexibility index (Phi) is 5.55. The average Bonchev–Trinajstić information content (AvgIpc) is 2.38. The zero-order valence-corrected chi connectivity index (χ0v) is 11.7. The lowest BCUT2D eigenvalue weighted by Gasteiger charge is -2.13. The lowest BCUT2D eigenvalue weighted by Crippen LogP contribution is -2.17. The van der Waals surface area contributed by atoms with E-state index in [1.54, 1.807) is 6.92 Å². The molecule has 0 radical (unpaired) electrons. The van der Waals surface area contributed by atoms with Crippen molar-refractivity contribution in [3.05, 3.63) is 29.3 Å². The molecule has 0 aliphatic carbocycles. The van der Waals surface area contributed by atoms with E-state index in [4.69, 9.17) is 5.11 Å². The van der Waals surface area contributed by atoms with Crippen LogP contribution in [0.25, 0.3) is 0 Å². The number of anilines is 1. The number of hydrogen-bond donors (Lipinski definition) is 2. The zero-order valence-electron chi connectivity index (χ0n) is 11.7. The van der Waals surface area contributed by atoms with Crippen molar-refractivity contribution in [1.29, 1.82) is 0 Å². The predicted molar refractivity (Wildman–Crippen MR) is 75.2 cm³/mol. The Balaban J connectivity index is 2.65. The molecule has 104 valence electrons. The van der Waals surface area contributed by atoms with E-state index < -0.39 is 11.9 Å². The van der Waals surface area contributed by atoms with E-state index in [1.807, 2.05) is 32.0 Å². The maximum atomic E-state index is 11.9. The summed E-state index contributed by atoms with van der Waals surface area (Å²) in [5.41, 5.74) is 2.98. The number of benzene rings is 1. The maximum absolute atomic E-state index is 11.9. The van der Waals surface area contributed by atoms with Gasteiger partial charge in [0, 0.05) is 12.1 Å². The zero-order chi connectivity index (χ0) is 14.4. The number of rotatable bonds is 6. The highest BCUT2D eigenvalue weighted by molar-refractivity contribution is 5.92. The lowest BCUT2D eigenvalue weighted by atomic mass is 10.0. The Hall–Kier alpha value is -1.84. The molecule has 1 unspecified atom stereocenters. The molecule has 0 aliphatic rings. The standard InChI is InChI=1S/C15H21NO3/c1-4-12-7-5-6-10(2)14(12)16-13(17)9-8-11(3)15(18)19/h5-7,11H,4,8-9H2,1-3H3,(H,16,17)(H,18,19). The molecule has 0 fully saturated rings. The molecule has 0 aromatic heterocycles. The Bertz CT molecular complexity index is 468. The second kappa shape index (κ2) is 6.92. The quantitative estimate of drug-likeness (QED) is 0.829. The molecule has 1 aromatic rings. The minimum atomic E-state index is -0.863. The summed E-state index contributed by atoms with van der Waals surface area (Å²) >= 11 is 0. The Labute approximate surface area is 113 Å². The Morgan fingerprint density at radius 1 is 1.37 bits per heavy atom. The SMILES string of the molecule is CCc1cccc(C)c1NC(=O)CCC(C)C(=O)O. The first kappa shape index (κ1) is 15.2. The summed E-state index contributed by atoms with van der Waals surface area (Å²) in [6.45, 7) is 5.60. The minimum Gasteiger partial charge on any atom is -0.481 e. The Morgan fingerprint density at radius 3 is 2.63 bits per heavy atom. The van der Waals surface area contributed by atoms with Crippen LogP contribution in [0.4, 0.5) is 5.69 Å². The summed E-state index contributed by atoms with van der Waals surface area (Å²) in [7, 11) is 0. The maximum Gasteiger partial charge on any atom is 0.306 e. The third-order valence-electron chi connectivity index (χ3n) is 3.23. The molecule has 1 atom stereocenters. The van der Waals surface area contributed by atoms with Gasteiger partial charge in [-0.25, -0.2) is 0 Å². The van der Waals surface area contributed by atoms with Gasteiger partial charge in [0.25, 0.3) is 0 Å². The number of carbonyl (C=O) groups excluding carboxylic acids is 1. The van der Waals surface area contributed by atoms with Crippen molar-refractivity contribution in [2.75, 3.05) is 5.32 Å². The third-order valence-corrected chi connectivity index (χ3v) is 3.23. The van der Waals surface area contributed by atoms with E-state index in [9.17, 15) is 9.59 Å². The van der Waals surface area contributed by atoms with Crippen molar-refractivity contribution >= 4 is 17.6 Å². The molecule has 2 N–H and O–H groups in total. The van der Waals surface area contributed by atoms with E-state index >= 15 is 0 Å². The molecule has 1 amide bonds. The minimum absolute atomic E-state index is 0.128. The van der Waals surface area contributed by atoms with Gasteiger partial charge in [0.1, 0.15) is 0 Å². The number of carbonyl (C=O) groups is 2. The average molecular weight is 263 g/mol. The number of carboxylic acid groups (broad SMARTS) is 1. The van der Waals surface area contributed by atoms with Crippen molar-refractivity contribution in [3.63, 3.8) is 0 Å². The molecule has 0 heterocycles. The molecule has 0 saturated heterocycles. The molecule has 4 nitrogen and oxygen atoms in total. The first-order chi connectivity index (χ1) is 8.95. The van der Waals surface area contributed by atoms with Crippen molar-refractivity contribution in [2.45, 2.75) is 40.0 Å². The number of aliphatic carboxylic acids is 1. The summed E-state index contributed by atoms with van der Waals surface area (Å²) in [6, 6.07) is 5.91. The molecule has 1 aromatic carbocycles. The van der Waals surface area contributed by atoms with Gasteiger partial charge in [-0.15, -0.1) is 0 Å². The van der Waals surface area contributed by atoms with Gasteiger partial charge in [-0.3, -0.25) is 9.59 Å². The summed E-state index contributed by atoms with van der Waals surface area (Å²) in [5, 5.41) is 11.7. The van der Waals surface area contributed by atoms with E-state index in [0.29, 0.717) is 6.42 Å². The van der Waals surface area contributed by atoms with E-state index in [-0.39, 0.29) is 12.3 Å². The summed E-state index contributed by atoms with van der Waals surface area (Å²) in [6.07, 6.45) is 1.43. The summed E-state index contributed by atoms with van der Waals surface area (Å²) in [5.74, 6) is -1.48. The van der Waals surface area contributed by atoms with Crippen LogP contribution in [0.15, 0.2) is 18.2 Å². The number of para-hydroxylation sites is 1. The molecule has 0 aliphatic heterocycles. The topological polar surface area (TPSA) is 66.4 Å². The van der Waals surface area contributed by atoms with Crippen molar-refractivity contribution in [1.82, 2.24) is 0 Å². The second-order valence-electron chi connectivity index (χ2n) is 4.79. The summed E-state index contributed by atoms with van der Waals surface area (Å²) < 4.78 is 0. The van der Waals surface area contributed by atoms with Gasteiger partial charge < -0.3 is 10.4 Å². The largest absolute Gasteiger partial charge is 0.481 e. The molecule has 0 saturated carbocycles. The molecule has 1 rings (SSSR count). The molecule has 0 spiro atoms. The second-order valence-corrected chi connectivity index (χ2v) is 4.79. The highest BCUT2D eigenvalue weighted by atomic mass is 16.4. The third kappa shape index (κ3) is 4.39. The predicted octanol–water partition coefficient (Wildman–Crippen LogP) is 3.00. The van der Waals surface area contributed by atoms with E-state index in [2.05, 4.69) is 5.32 Å². The fourth-order valence-electron chi connectivity index (χ4n) is 1.88. The Morgan fingerprint density at radius 2 is 2.05 bits per heavy atom.